The summed E-state index contributed by atoms with van der Waals surface area (Å²) >= 11 is 1.47. The molecule has 0 radical (unpaired) electrons. The summed E-state index contributed by atoms with van der Waals surface area (Å²) in [4.78, 5) is 0.958. The van der Waals surface area contributed by atoms with Crippen molar-refractivity contribution >= 4 is 21.4 Å². The van der Waals surface area contributed by atoms with Crippen molar-refractivity contribution in [2.45, 2.75) is 6.04 Å². The molecule has 0 fully saturated rings. The Labute approximate surface area is 118 Å². The maximum absolute atomic E-state index is 13.2. The highest BCUT2D eigenvalue weighted by Gasteiger charge is 2.15. The van der Waals surface area contributed by atoms with Crippen LogP contribution in [0.1, 0.15) is 16.5 Å². The molecule has 3 aromatic rings. The van der Waals surface area contributed by atoms with Crippen LogP contribution in [-0.4, -0.2) is 0 Å². The van der Waals surface area contributed by atoms with Gasteiger partial charge in [-0.1, -0.05) is 18.2 Å². The van der Waals surface area contributed by atoms with E-state index in [9.17, 15) is 8.78 Å². The summed E-state index contributed by atoms with van der Waals surface area (Å²) in [7, 11) is 0. The van der Waals surface area contributed by atoms with Gasteiger partial charge in [0.1, 0.15) is 11.6 Å². The van der Waals surface area contributed by atoms with E-state index < -0.39 is 0 Å². The monoisotopic (exact) mass is 290 g/mol. The van der Waals surface area contributed by atoms with Gasteiger partial charge in [-0.2, -0.15) is 0 Å². The van der Waals surface area contributed by atoms with Gasteiger partial charge in [-0.05, 0) is 41.3 Å². The molecule has 5 heteroatoms. The van der Waals surface area contributed by atoms with Gasteiger partial charge >= 0.3 is 0 Å². The standard InChI is InChI=1S/C15H12F2N2S/c16-11-4-1-9(2-5-11)15(19-18)14-7-10-3-6-12(17)8-13(10)20-14/h1-8,15,19H,18H2. The molecule has 0 bridgehead atoms. The number of nitrogens with two attached hydrogens (primary N) is 1. The summed E-state index contributed by atoms with van der Waals surface area (Å²) in [6, 6.07) is 12.6. The normalized spacial score (nSPS) is 12.8. The van der Waals surface area contributed by atoms with Crippen molar-refractivity contribution in [2.24, 2.45) is 5.84 Å². The minimum atomic E-state index is -0.289. The van der Waals surface area contributed by atoms with Crippen LogP contribution >= 0.6 is 11.3 Å². The topological polar surface area (TPSA) is 38.0 Å². The molecule has 1 unspecified atom stereocenters. The van der Waals surface area contributed by atoms with Crippen molar-refractivity contribution in [3.63, 3.8) is 0 Å². The predicted molar refractivity (Wildman–Crippen MR) is 77.3 cm³/mol. The van der Waals surface area contributed by atoms with E-state index in [2.05, 4.69) is 5.43 Å². The van der Waals surface area contributed by atoms with Crippen LogP contribution in [0.15, 0.2) is 48.5 Å². The van der Waals surface area contributed by atoms with Crippen LogP contribution in [0.4, 0.5) is 8.78 Å². The molecule has 0 aliphatic carbocycles. The summed E-state index contributed by atoms with van der Waals surface area (Å²) in [5, 5.41) is 0.966. The molecule has 1 atom stereocenters. The van der Waals surface area contributed by atoms with Gasteiger partial charge in [0, 0.05) is 9.58 Å². The van der Waals surface area contributed by atoms with Gasteiger partial charge in [0.15, 0.2) is 0 Å². The highest BCUT2D eigenvalue weighted by Crippen LogP contribution is 2.33. The predicted octanol–water partition coefficient (Wildman–Crippen LogP) is 3.73. The molecular formula is C15H12F2N2S. The lowest BCUT2D eigenvalue weighted by atomic mass is 10.1. The zero-order chi connectivity index (χ0) is 14.1. The number of halogens is 2. The first-order valence-corrected chi connectivity index (χ1v) is 6.89. The second-order valence-electron chi connectivity index (χ2n) is 4.48. The lowest BCUT2D eigenvalue weighted by molar-refractivity contribution is 0.618. The number of hydrogen-bond donors (Lipinski definition) is 2. The first kappa shape index (κ1) is 13.2. The minimum absolute atomic E-state index is 0.240. The summed E-state index contributed by atoms with van der Waals surface area (Å²) in [6.45, 7) is 0. The molecule has 3 N–H and O–H groups in total. The van der Waals surface area contributed by atoms with Crippen LogP contribution in [0.25, 0.3) is 10.1 Å². The Morgan fingerprint density at radius 3 is 2.35 bits per heavy atom. The fourth-order valence-corrected chi connectivity index (χ4v) is 3.34. The smallest absolute Gasteiger partial charge is 0.124 e. The van der Waals surface area contributed by atoms with Gasteiger partial charge in [-0.3, -0.25) is 5.84 Å². The fourth-order valence-electron chi connectivity index (χ4n) is 2.17. The maximum Gasteiger partial charge on any atom is 0.124 e. The number of hydrazine groups is 1. The first-order chi connectivity index (χ1) is 9.67. The molecular weight excluding hydrogens is 278 g/mol. The van der Waals surface area contributed by atoms with Crippen LogP contribution in [0, 0.1) is 11.6 Å². The van der Waals surface area contributed by atoms with Gasteiger partial charge in [0.25, 0.3) is 0 Å². The highest BCUT2D eigenvalue weighted by atomic mass is 32.1. The third kappa shape index (κ3) is 2.43. The average Bonchev–Trinajstić information content (AvgIpc) is 2.84. The van der Waals surface area contributed by atoms with Gasteiger partial charge < -0.3 is 0 Å². The van der Waals surface area contributed by atoms with Crippen molar-refractivity contribution in [1.29, 1.82) is 0 Å². The van der Waals surface area contributed by atoms with Crippen LogP contribution in [0.3, 0.4) is 0 Å². The van der Waals surface area contributed by atoms with Gasteiger partial charge in [-0.15, -0.1) is 11.3 Å². The van der Waals surface area contributed by atoms with E-state index in [1.54, 1.807) is 18.2 Å². The number of hydrogen-bond acceptors (Lipinski definition) is 3. The van der Waals surface area contributed by atoms with Crippen molar-refractivity contribution in [3.05, 3.63) is 70.6 Å². The zero-order valence-corrected chi connectivity index (χ0v) is 11.3. The molecule has 0 saturated heterocycles. The molecule has 1 aromatic heterocycles. The molecule has 3 rings (SSSR count). The Morgan fingerprint density at radius 2 is 1.65 bits per heavy atom. The molecule has 2 nitrogen and oxygen atoms in total. The van der Waals surface area contributed by atoms with E-state index in [1.165, 1.54) is 35.6 Å². The van der Waals surface area contributed by atoms with Crippen LogP contribution in [0.5, 0.6) is 0 Å². The Balaban J connectivity index is 2.04. The number of thiophene rings is 1. The number of fused-ring (bicyclic) bond motifs is 1. The molecule has 0 spiro atoms. The van der Waals surface area contributed by atoms with Crippen molar-refractivity contribution in [1.82, 2.24) is 5.43 Å². The average molecular weight is 290 g/mol. The van der Waals surface area contributed by atoms with E-state index in [1.807, 2.05) is 6.07 Å². The van der Waals surface area contributed by atoms with Crippen molar-refractivity contribution in [2.75, 3.05) is 0 Å². The molecule has 0 aliphatic heterocycles. The minimum Gasteiger partial charge on any atom is -0.271 e. The lowest BCUT2D eigenvalue weighted by Crippen LogP contribution is -2.28. The summed E-state index contributed by atoms with van der Waals surface area (Å²) in [5.74, 6) is 5.07. The van der Waals surface area contributed by atoms with Crippen molar-refractivity contribution in [3.8, 4) is 0 Å². The Morgan fingerprint density at radius 1 is 0.950 bits per heavy atom. The Bertz CT molecular complexity index is 737. The number of rotatable bonds is 3. The quantitative estimate of drug-likeness (QED) is 0.570. The lowest BCUT2D eigenvalue weighted by Gasteiger charge is -2.14. The molecule has 0 amide bonds. The molecule has 1 heterocycles. The molecule has 102 valence electrons. The van der Waals surface area contributed by atoms with Gasteiger partial charge in [-0.25, -0.2) is 14.2 Å². The zero-order valence-electron chi connectivity index (χ0n) is 10.4. The number of nitrogens with one attached hydrogen (secondary N) is 1. The van der Waals surface area contributed by atoms with Gasteiger partial charge in [0.05, 0.1) is 6.04 Å². The maximum atomic E-state index is 13.2. The van der Waals surface area contributed by atoms with E-state index in [0.29, 0.717) is 0 Å². The summed E-state index contributed by atoms with van der Waals surface area (Å²) < 4.78 is 27.1. The van der Waals surface area contributed by atoms with E-state index >= 15 is 0 Å². The fraction of sp³-hybridized carbons (Fsp3) is 0.0667. The largest absolute Gasteiger partial charge is 0.271 e. The first-order valence-electron chi connectivity index (χ1n) is 6.08. The van der Waals surface area contributed by atoms with Crippen LogP contribution < -0.4 is 11.3 Å². The molecule has 20 heavy (non-hydrogen) atoms. The molecule has 0 aliphatic rings. The van der Waals surface area contributed by atoms with E-state index in [0.717, 1.165) is 20.5 Å². The van der Waals surface area contributed by atoms with Crippen molar-refractivity contribution < 1.29 is 8.78 Å². The van der Waals surface area contributed by atoms with Crippen LogP contribution in [-0.2, 0) is 0 Å². The third-order valence-electron chi connectivity index (χ3n) is 3.16. The second-order valence-corrected chi connectivity index (χ2v) is 5.60. The summed E-state index contributed by atoms with van der Waals surface area (Å²) in [6.07, 6.45) is 0. The Hall–Kier alpha value is -1.82. The Kier molecular flexibility index (Phi) is 3.48. The van der Waals surface area contributed by atoms with E-state index in [4.69, 9.17) is 5.84 Å². The van der Waals surface area contributed by atoms with E-state index in [-0.39, 0.29) is 17.7 Å². The third-order valence-corrected chi connectivity index (χ3v) is 4.32. The van der Waals surface area contributed by atoms with Crippen LogP contribution in [0.2, 0.25) is 0 Å². The number of benzene rings is 2. The summed E-state index contributed by atoms with van der Waals surface area (Å²) in [5.41, 5.74) is 3.59. The van der Waals surface area contributed by atoms with Gasteiger partial charge in [0.2, 0.25) is 0 Å². The highest BCUT2D eigenvalue weighted by molar-refractivity contribution is 7.19. The SMILES string of the molecule is NNC(c1ccc(F)cc1)c1cc2ccc(F)cc2s1. The molecule has 2 aromatic carbocycles. The second kappa shape index (κ2) is 5.28. The molecule has 0 saturated carbocycles.